The molecule has 0 N–H and O–H groups in total. The molecule has 0 heterocycles. The SMILES string of the molecule is CCCCCCCCC=CCCCCCCCC(=O)OCCOCC[N+](CC)(CC)CC. The molecule has 0 fully saturated rings. The fraction of sp³-hybridized carbons (Fsp3) is 0.893. The van der Waals surface area contributed by atoms with Gasteiger partial charge in [0, 0.05) is 6.42 Å². The van der Waals surface area contributed by atoms with Crippen molar-refractivity contribution >= 4 is 5.97 Å². The monoisotopic (exact) mass is 454 g/mol. The summed E-state index contributed by atoms with van der Waals surface area (Å²) < 4.78 is 12.1. The normalized spacial score (nSPS) is 12.0. The summed E-state index contributed by atoms with van der Waals surface area (Å²) in [5.41, 5.74) is 0. The molecule has 0 unspecified atom stereocenters. The molecule has 0 saturated heterocycles. The van der Waals surface area contributed by atoms with E-state index in [1.807, 2.05) is 0 Å². The molecule has 4 nitrogen and oxygen atoms in total. The van der Waals surface area contributed by atoms with E-state index < -0.39 is 0 Å². The number of carbonyl (C=O) groups is 1. The Kier molecular flexibility index (Phi) is 22.7. The molecule has 0 spiro atoms. The van der Waals surface area contributed by atoms with Crippen molar-refractivity contribution in [1.29, 1.82) is 0 Å². The largest absolute Gasteiger partial charge is 0.463 e. The van der Waals surface area contributed by atoms with Gasteiger partial charge in [-0.2, -0.15) is 0 Å². The maximum absolute atomic E-state index is 11.8. The minimum absolute atomic E-state index is 0.0768. The predicted octanol–water partition coefficient (Wildman–Crippen LogP) is 7.46. The number of hydrogen-bond donors (Lipinski definition) is 0. The summed E-state index contributed by atoms with van der Waals surface area (Å²) in [6.07, 6.45) is 21.8. The van der Waals surface area contributed by atoms with Gasteiger partial charge in [0.05, 0.1) is 32.8 Å². The average Bonchev–Trinajstić information content (AvgIpc) is 2.81. The second kappa shape index (κ2) is 23.3. The van der Waals surface area contributed by atoms with Crippen molar-refractivity contribution in [3.8, 4) is 0 Å². The average molecular weight is 455 g/mol. The Morgan fingerprint density at radius 1 is 0.656 bits per heavy atom. The van der Waals surface area contributed by atoms with Crippen LogP contribution in [-0.2, 0) is 14.3 Å². The zero-order valence-electron chi connectivity index (χ0n) is 22.2. The Bertz CT molecular complexity index is 424. The molecule has 0 atom stereocenters. The van der Waals surface area contributed by atoms with E-state index in [2.05, 4.69) is 39.8 Å². The Balaban J connectivity index is 3.39. The summed E-state index contributed by atoms with van der Waals surface area (Å²) in [5.74, 6) is -0.0768. The molecular weight excluding hydrogens is 398 g/mol. The Hall–Kier alpha value is -0.870. The smallest absolute Gasteiger partial charge is 0.305 e. The Labute approximate surface area is 200 Å². The summed E-state index contributed by atoms with van der Waals surface area (Å²) in [6, 6.07) is 0. The van der Waals surface area contributed by atoms with Crippen LogP contribution in [0.3, 0.4) is 0 Å². The van der Waals surface area contributed by atoms with Crippen molar-refractivity contribution in [2.75, 3.05) is 46.0 Å². The summed E-state index contributed by atoms with van der Waals surface area (Å²) >= 11 is 0. The third kappa shape index (κ3) is 18.7. The van der Waals surface area contributed by atoms with Gasteiger partial charge < -0.3 is 14.0 Å². The van der Waals surface area contributed by atoms with Gasteiger partial charge in [0.2, 0.25) is 0 Å². The van der Waals surface area contributed by atoms with E-state index >= 15 is 0 Å². The summed E-state index contributed by atoms with van der Waals surface area (Å²) in [6.45, 7) is 15.1. The number of unbranched alkanes of at least 4 members (excludes halogenated alkanes) is 11. The number of carbonyl (C=O) groups excluding carboxylic acids is 1. The van der Waals surface area contributed by atoms with Crippen LogP contribution in [0, 0.1) is 0 Å². The van der Waals surface area contributed by atoms with E-state index in [9.17, 15) is 4.79 Å². The highest BCUT2D eigenvalue weighted by atomic mass is 16.6. The maximum Gasteiger partial charge on any atom is 0.305 e. The minimum Gasteiger partial charge on any atom is -0.463 e. The zero-order valence-corrected chi connectivity index (χ0v) is 22.2. The fourth-order valence-electron chi connectivity index (χ4n) is 4.13. The molecule has 0 radical (unpaired) electrons. The molecule has 4 heteroatoms. The first-order valence-corrected chi connectivity index (χ1v) is 13.9. The number of likely N-dealkylation sites (N-methyl/N-ethyl adjacent to an activating group) is 1. The lowest BCUT2D eigenvalue weighted by Crippen LogP contribution is -2.49. The van der Waals surface area contributed by atoms with E-state index in [1.165, 1.54) is 70.6 Å². The molecule has 0 aliphatic rings. The van der Waals surface area contributed by atoms with Gasteiger partial charge in [0.15, 0.2) is 0 Å². The number of ether oxygens (including phenoxy) is 2. The van der Waals surface area contributed by atoms with Gasteiger partial charge in [0.25, 0.3) is 0 Å². The second-order valence-electron chi connectivity index (χ2n) is 9.18. The van der Waals surface area contributed by atoms with E-state index in [0.29, 0.717) is 19.6 Å². The standard InChI is InChI=1S/C28H56NO3/c1-5-9-10-11-12-13-14-15-16-17-18-19-20-21-22-23-28(30)32-27-26-31-25-24-29(6-2,7-3)8-4/h15-16H,5-14,17-27H2,1-4H3/q+1. The van der Waals surface area contributed by atoms with Crippen LogP contribution >= 0.6 is 0 Å². The third-order valence-corrected chi connectivity index (χ3v) is 6.86. The van der Waals surface area contributed by atoms with Crippen LogP contribution < -0.4 is 0 Å². The van der Waals surface area contributed by atoms with Gasteiger partial charge in [-0.3, -0.25) is 4.79 Å². The Morgan fingerprint density at radius 3 is 1.75 bits per heavy atom. The molecule has 32 heavy (non-hydrogen) atoms. The maximum atomic E-state index is 11.8. The highest BCUT2D eigenvalue weighted by molar-refractivity contribution is 5.69. The quantitative estimate of drug-likeness (QED) is 0.0657. The first-order valence-electron chi connectivity index (χ1n) is 13.9. The number of quaternary nitrogens is 1. The molecule has 0 saturated carbocycles. The van der Waals surface area contributed by atoms with Gasteiger partial charge in [0.1, 0.15) is 13.2 Å². The predicted molar refractivity (Wildman–Crippen MR) is 138 cm³/mol. The van der Waals surface area contributed by atoms with E-state index in [4.69, 9.17) is 9.47 Å². The fourth-order valence-corrected chi connectivity index (χ4v) is 4.13. The van der Waals surface area contributed by atoms with Crippen molar-refractivity contribution in [3.63, 3.8) is 0 Å². The topological polar surface area (TPSA) is 35.5 Å². The second-order valence-corrected chi connectivity index (χ2v) is 9.18. The van der Waals surface area contributed by atoms with Crippen molar-refractivity contribution in [2.45, 2.75) is 118 Å². The molecule has 0 aromatic rings. The van der Waals surface area contributed by atoms with Crippen molar-refractivity contribution in [1.82, 2.24) is 0 Å². The van der Waals surface area contributed by atoms with Crippen LogP contribution in [0.1, 0.15) is 118 Å². The van der Waals surface area contributed by atoms with Crippen molar-refractivity contribution < 1.29 is 18.8 Å². The number of esters is 1. The molecule has 190 valence electrons. The lowest BCUT2D eigenvalue weighted by atomic mass is 10.1. The highest BCUT2D eigenvalue weighted by Gasteiger charge is 2.19. The first kappa shape index (κ1) is 31.1. The molecule has 0 aromatic heterocycles. The molecule has 0 bridgehead atoms. The summed E-state index contributed by atoms with van der Waals surface area (Å²) in [4.78, 5) is 11.8. The van der Waals surface area contributed by atoms with Crippen LogP contribution in [0.4, 0.5) is 0 Å². The first-order chi connectivity index (χ1) is 15.6. The lowest BCUT2D eigenvalue weighted by molar-refractivity contribution is -0.923. The number of hydrogen-bond acceptors (Lipinski definition) is 3. The van der Waals surface area contributed by atoms with Gasteiger partial charge in [-0.1, -0.05) is 70.4 Å². The van der Waals surface area contributed by atoms with Gasteiger partial charge in [-0.05, 0) is 52.9 Å². The summed E-state index contributed by atoms with van der Waals surface area (Å²) in [7, 11) is 0. The van der Waals surface area contributed by atoms with Gasteiger partial charge >= 0.3 is 5.97 Å². The summed E-state index contributed by atoms with van der Waals surface area (Å²) in [5, 5.41) is 0. The molecular formula is C28H56NO3+. The van der Waals surface area contributed by atoms with E-state index in [-0.39, 0.29) is 5.97 Å². The Morgan fingerprint density at radius 2 is 1.19 bits per heavy atom. The molecule has 0 rings (SSSR count). The number of allylic oxidation sites excluding steroid dienone is 2. The molecule has 0 amide bonds. The van der Waals surface area contributed by atoms with Crippen LogP contribution in [0.15, 0.2) is 12.2 Å². The van der Waals surface area contributed by atoms with Crippen molar-refractivity contribution in [2.24, 2.45) is 0 Å². The van der Waals surface area contributed by atoms with E-state index in [1.54, 1.807) is 0 Å². The molecule has 0 aliphatic heterocycles. The highest BCUT2D eigenvalue weighted by Crippen LogP contribution is 2.10. The molecule has 0 aromatic carbocycles. The number of nitrogens with zero attached hydrogens (tertiary/aromatic N) is 1. The van der Waals surface area contributed by atoms with E-state index in [0.717, 1.165) is 50.1 Å². The van der Waals surface area contributed by atoms with Crippen LogP contribution in [-0.4, -0.2) is 56.5 Å². The number of rotatable bonds is 24. The molecule has 0 aliphatic carbocycles. The van der Waals surface area contributed by atoms with Gasteiger partial charge in [-0.15, -0.1) is 0 Å². The lowest BCUT2D eigenvalue weighted by Gasteiger charge is -2.35. The van der Waals surface area contributed by atoms with Crippen LogP contribution in [0.5, 0.6) is 0 Å². The van der Waals surface area contributed by atoms with Crippen LogP contribution in [0.25, 0.3) is 0 Å². The minimum atomic E-state index is -0.0768. The third-order valence-electron chi connectivity index (χ3n) is 6.86. The van der Waals surface area contributed by atoms with Crippen LogP contribution in [0.2, 0.25) is 0 Å². The van der Waals surface area contributed by atoms with Gasteiger partial charge in [-0.25, -0.2) is 0 Å². The zero-order chi connectivity index (χ0) is 23.8. The van der Waals surface area contributed by atoms with Crippen molar-refractivity contribution in [3.05, 3.63) is 12.2 Å².